The summed E-state index contributed by atoms with van der Waals surface area (Å²) in [6.45, 7) is 1.82. The smallest absolute Gasteiger partial charge is 0.261 e. The number of nitro benzene ring substituents is 1. The van der Waals surface area contributed by atoms with Crippen LogP contribution in [0.15, 0.2) is 30.5 Å². The number of fused-ring (bicyclic) bond motifs is 1. The summed E-state index contributed by atoms with van der Waals surface area (Å²) in [5.41, 5.74) is 0.916. The second-order valence-electron chi connectivity index (χ2n) is 3.08. The first-order valence-electron chi connectivity index (χ1n) is 4.18. The molecule has 4 nitrogen and oxygen atoms in total. The number of hydrogen-bond acceptors (Lipinski definition) is 3. The molecule has 1 heterocycles. The average Bonchev–Trinajstić information content (AvgIpc) is 2.16. The van der Waals surface area contributed by atoms with Gasteiger partial charge in [-0.15, -0.1) is 12.4 Å². The summed E-state index contributed by atoms with van der Waals surface area (Å²) in [7, 11) is 0. The molecule has 0 aliphatic rings. The van der Waals surface area contributed by atoms with Crippen LogP contribution >= 0.6 is 12.4 Å². The van der Waals surface area contributed by atoms with Gasteiger partial charge in [-0.3, -0.25) is 15.1 Å². The van der Waals surface area contributed by atoms with Gasteiger partial charge in [-0.2, -0.15) is 0 Å². The average molecular weight is 225 g/mol. The van der Waals surface area contributed by atoms with Crippen molar-refractivity contribution in [3.63, 3.8) is 0 Å². The lowest BCUT2D eigenvalue weighted by molar-refractivity contribution is -0.383. The molecular formula is C10H9ClN2O2. The number of rotatable bonds is 1. The number of aromatic nitrogens is 1. The van der Waals surface area contributed by atoms with E-state index in [1.807, 2.05) is 13.0 Å². The highest BCUT2D eigenvalue weighted by Crippen LogP contribution is 2.24. The predicted molar refractivity (Wildman–Crippen MR) is 60.4 cm³/mol. The van der Waals surface area contributed by atoms with Crippen LogP contribution in [0.5, 0.6) is 0 Å². The van der Waals surface area contributed by atoms with Crippen LogP contribution in [0.2, 0.25) is 0 Å². The fourth-order valence-corrected chi connectivity index (χ4v) is 1.42. The van der Waals surface area contributed by atoms with Crippen molar-refractivity contribution in [2.75, 3.05) is 0 Å². The van der Waals surface area contributed by atoms with Crippen LogP contribution in [0.4, 0.5) is 5.69 Å². The fraction of sp³-hybridized carbons (Fsp3) is 0.100. The summed E-state index contributed by atoms with van der Waals surface area (Å²) < 4.78 is 0. The standard InChI is InChI=1S/C10H8N2O2.ClH/c1-7-5-9-8(6-11-7)3-2-4-10(9)12(13)14;/h2-6H,1H3;1H. The summed E-state index contributed by atoms with van der Waals surface area (Å²) in [5.74, 6) is 0. The zero-order valence-corrected chi connectivity index (χ0v) is 8.82. The molecule has 5 heteroatoms. The van der Waals surface area contributed by atoms with Crippen molar-refractivity contribution in [1.82, 2.24) is 4.98 Å². The summed E-state index contributed by atoms with van der Waals surface area (Å²) >= 11 is 0. The molecule has 15 heavy (non-hydrogen) atoms. The Balaban J connectivity index is 0.00000112. The molecule has 0 fully saturated rings. The van der Waals surface area contributed by atoms with E-state index in [2.05, 4.69) is 4.98 Å². The Labute approximate surface area is 92.5 Å². The normalized spacial score (nSPS) is 9.67. The second kappa shape index (κ2) is 4.23. The molecule has 2 aromatic rings. The van der Waals surface area contributed by atoms with Crippen molar-refractivity contribution < 1.29 is 4.92 Å². The summed E-state index contributed by atoms with van der Waals surface area (Å²) in [6.07, 6.45) is 1.65. The topological polar surface area (TPSA) is 56.0 Å². The van der Waals surface area contributed by atoms with Crippen LogP contribution in [0.25, 0.3) is 10.8 Å². The lowest BCUT2D eigenvalue weighted by Gasteiger charge is -1.99. The maximum absolute atomic E-state index is 10.7. The highest BCUT2D eigenvalue weighted by atomic mass is 35.5. The third-order valence-corrected chi connectivity index (χ3v) is 2.07. The number of hydrogen-bond donors (Lipinski definition) is 0. The van der Waals surface area contributed by atoms with Gasteiger partial charge in [0.15, 0.2) is 0 Å². The van der Waals surface area contributed by atoms with Gasteiger partial charge >= 0.3 is 0 Å². The van der Waals surface area contributed by atoms with Gasteiger partial charge in [0.2, 0.25) is 0 Å². The van der Waals surface area contributed by atoms with Crippen molar-refractivity contribution in [2.45, 2.75) is 6.92 Å². The number of benzene rings is 1. The van der Waals surface area contributed by atoms with Gasteiger partial charge in [0.05, 0.1) is 10.3 Å². The lowest BCUT2D eigenvalue weighted by Crippen LogP contribution is -1.90. The third kappa shape index (κ3) is 2.05. The van der Waals surface area contributed by atoms with E-state index < -0.39 is 0 Å². The first kappa shape index (κ1) is 11.4. The second-order valence-corrected chi connectivity index (χ2v) is 3.08. The summed E-state index contributed by atoms with van der Waals surface area (Å²) in [4.78, 5) is 14.4. The SMILES string of the molecule is Cc1cc2c([N+](=O)[O-])cccc2cn1.Cl. The van der Waals surface area contributed by atoms with Crippen LogP contribution in [0.3, 0.4) is 0 Å². The Bertz CT molecular complexity index is 514. The zero-order chi connectivity index (χ0) is 10.1. The van der Waals surface area contributed by atoms with Gasteiger partial charge < -0.3 is 0 Å². The van der Waals surface area contributed by atoms with E-state index in [9.17, 15) is 10.1 Å². The van der Waals surface area contributed by atoms with Gasteiger partial charge in [0.1, 0.15) is 0 Å². The van der Waals surface area contributed by atoms with Crippen molar-refractivity contribution in [1.29, 1.82) is 0 Å². The van der Waals surface area contributed by atoms with Crippen LogP contribution in [-0.2, 0) is 0 Å². The maximum atomic E-state index is 10.7. The molecule has 0 unspecified atom stereocenters. The first-order chi connectivity index (χ1) is 6.68. The lowest BCUT2D eigenvalue weighted by atomic mass is 10.1. The third-order valence-electron chi connectivity index (χ3n) is 2.07. The molecular weight excluding hydrogens is 216 g/mol. The van der Waals surface area contributed by atoms with Crippen molar-refractivity contribution >= 4 is 28.9 Å². The van der Waals surface area contributed by atoms with E-state index in [4.69, 9.17) is 0 Å². The first-order valence-corrected chi connectivity index (χ1v) is 4.18. The molecule has 0 bridgehead atoms. The number of nitro groups is 1. The van der Waals surface area contributed by atoms with E-state index >= 15 is 0 Å². The van der Waals surface area contributed by atoms with E-state index in [1.165, 1.54) is 6.07 Å². The Morgan fingerprint density at radius 1 is 1.40 bits per heavy atom. The highest BCUT2D eigenvalue weighted by molar-refractivity contribution is 5.90. The van der Waals surface area contributed by atoms with Crippen LogP contribution in [0, 0.1) is 17.0 Å². The summed E-state index contributed by atoms with van der Waals surface area (Å²) in [5, 5.41) is 12.2. The molecule has 0 atom stereocenters. The number of nitrogens with zero attached hydrogens (tertiary/aromatic N) is 2. The Morgan fingerprint density at radius 3 is 2.80 bits per heavy atom. The van der Waals surface area contributed by atoms with Gasteiger partial charge in [-0.05, 0) is 13.0 Å². The van der Waals surface area contributed by atoms with Crippen molar-refractivity contribution in [3.8, 4) is 0 Å². The molecule has 1 aromatic heterocycles. The van der Waals surface area contributed by atoms with Crippen molar-refractivity contribution in [2.24, 2.45) is 0 Å². The molecule has 0 radical (unpaired) electrons. The van der Waals surface area contributed by atoms with E-state index in [0.29, 0.717) is 5.39 Å². The minimum Gasteiger partial charge on any atom is -0.261 e. The molecule has 0 aliphatic carbocycles. The molecule has 0 saturated heterocycles. The molecule has 0 aliphatic heterocycles. The maximum Gasteiger partial charge on any atom is 0.277 e. The molecule has 2 rings (SSSR count). The largest absolute Gasteiger partial charge is 0.277 e. The van der Waals surface area contributed by atoms with Crippen molar-refractivity contribution in [3.05, 3.63) is 46.3 Å². The molecule has 0 N–H and O–H groups in total. The van der Waals surface area contributed by atoms with Crippen LogP contribution in [-0.4, -0.2) is 9.91 Å². The summed E-state index contributed by atoms with van der Waals surface area (Å²) in [6, 6.07) is 6.71. The van der Waals surface area contributed by atoms with Gasteiger partial charge in [0, 0.05) is 23.3 Å². The Kier molecular flexibility index (Phi) is 3.21. The Morgan fingerprint density at radius 2 is 2.13 bits per heavy atom. The number of halogens is 1. The Hall–Kier alpha value is -1.68. The van der Waals surface area contributed by atoms with Gasteiger partial charge in [0.25, 0.3) is 5.69 Å². The van der Waals surface area contributed by atoms with E-state index in [1.54, 1.807) is 18.3 Å². The predicted octanol–water partition coefficient (Wildman–Crippen LogP) is 2.87. The molecule has 0 saturated carbocycles. The number of aryl methyl sites for hydroxylation is 1. The fourth-order valence-electron chi connectivity index (χ4n) is 1.42. The number of non-ortho nitro benzene ring substituents is 1. The van der Waals surface area contributed by atoms with E-state index in [0.717, 1.165) is 11.1 Å². The monoisotopic (exact) mass is 224 g/mol. The molecule has 0 amide bonds. The number of pyridine rings is 1. The van der Waals surface area contributed by atoms with E-state index in [-0.39, 0.29) is 23.0 Å². The minimum atomic E-state index is -0.373. The highest BCUT2D eigenvalue weighted by Gasteiger charge is 2.10. The van der Waals surface area contributed by atoms with Gasteiger partial charge in [-0.25, -0.2) is 0 Å². The zero-order valence-electron chi connectivity index (χ0n) is 8.01. The van der Waals surface area contributed by atoms with Crippen LogP contribution in [0.1, 0.15) is 5.69 Å². The molecule has 78 valence electrons. The van der Waals surface area contributed by atoms with Crippen LogP contribution < -0.4 is 0 Å². The quantitative estimate of drug-likeness (QED) is 0.553. The van der Waals surface area contributed by atoms with Gasteiger partial charge in [-0.1, -0.05) is 12.1 Å². The minimum absolute atomic E-state index is 0. The molecule has 0 spiro atoms. The molecule has 1 aromatic carbocycles.